The molecule has 1 unspecified atom stereocenters. The van der Waals surface area contributed by atoms with Gasteiger partial charge in [0.15, 0.2) is 11.5 Å². The zero-order valence-corrected chi connectivity index (χ0v) is 18.5. The highest BCUT2D eigenvalue weighted by molar-refractivity contribution is 5.95. The third-order valence-corrected chi connectivity index (χ3v) is 5.53. The molecule has 1 atom stereocenters. The minimum atomic E-state index is -4.64. The first kappa shape index (κ1) is 24.2. The lowest BCUT2D eigenvalue weighted by Gasteiger charge is -2.42. The van der Waals surface area contributed by atoms with Crippen LogP contribution in [0.1, 0.15) is 21.5 Å². The van der Waals surface area contributed by atoms with Gasteiger partial charge < -0.3 is 24.0 Å². The SMILES string of the molecule is COCC1CN(c2ccc(C#N)c(C(F)(F)F)c2)CCN1C(=O)c1ccc(OC)c(OC)c1. The van der Waals surface area contributed by atoms with Gasteiger partial charge in [0, 0.05) is 38.0 Å². The minimum Gasteiger partial charge on any atom is -0.493 e. The molecule has 0 aliphatic carbocycles. The van der Waals surface area contributed by atoms with Crippen LogP contribution in [-0.4, -0.2) is 64.4 Å². The lowest BCUT2D eigenvalue weighted by molar-refractivity contribution is -0.137. The van der Waals surface area contributed by atoms with E-state index < -0.39 is 23.3 Å². The monoisotopic (exact) mass is 463 g/mol. The molecule has 0 aromatic heterocycles. The van der Waals surface area contributed by atoms with Gasteiger partial charge >= 0.3 is 6.18 Å². The van der Waals surface area contributed by atoms with Crippen LogP contribution in [0.2, 0.25) is 0 Å². The number of piperazine rings is 1. The molecule has 1 amide bonds. The molecule has 7 nitrogen and oxygen atoms in total. The number of anilines is 1. The van der Waals surface area contributed by atoms with E-state index in [1.54, 1.807) is 34.1 Å². The molecule has 0 saturated carbocycles. The van der Waals surface area contributed by atoms with Crippen LogP contribution in [0.25, 0.3) is 0 Å². The molecule has 10 heteroatoms. The average Bonchev–Trinajstić information content (AvgIpc) is 2.82. The largest absolute Gasteiger partial charge is 0.493 e. The third kappa shape index (κ3) is 5.14. The van der Waals surface area contributed by atoms with Crippen LogP contribution < -0.4 is 14.4 Å². The van der Waals surface area contributed by atoms with E-state index in [0.717, 1.165) is 6.07 Å². The Morgan fingerprint density at radius 1 is 1.09 bits per heavy atom. The Labute approximate surface area is 189 Å². The Morgan fingerprint density at radius 2 is 1.82 bits per heavy atom. The highest BCUT2D eigenvalue weighted by atomic mass is 19.4. The summed E-state index contributed by atoms with van der Waals surface area (Å²) >= 11 is 0. The Morgan fingerprint density at radius 3 is 2.42 bits per heavy atom. The topological polar surface area (TPSA) is 75.0 Å². The summed E-state index contributed by atoms with van der Waals surface area (Å²) in [4.78, 5) is 16.6. The molecule has 0 spiro atoms. The van der Waals surface area contributed by atoms with Crippen molar-refractivity contribution in [2.45, 2.75) is 12.2 Å². The van der Waals surface area contributed by atoms with Gasteiger partial charge in [-0.3, -0.25) is 4.79 Å². The van der Waals surface area contributed by atoms with E-state index in [-0.39, 0.29) is 25.6 Å². The summed E-state index contributed by atoms with van der Waals surface area (Å²) in [7, 11) is 4.48. The molecule has 1 aliphatic rings. The number of carbonyl (C=O) groups excluding carboxylic acids is 1. The predicted molar refractivity (Wildman–Crippen MR) is 115 cm³/mol. The van der Waals surface area contributed by atoms with Crippen molar-refractivity contribution in [1.82, 2.24) is 4.90 Å². The molecule has 33 heavy (non-hydrogen) atoms. The zero-order chi connectivity index (χ0) is 24.2. The van der Waals surface area contributed by atoms with Gasteiger partial charge in [-0.05, 0) is 36.4 Å². The van der Waals surface area contributed by atoms with E-state index in [4.69, 9.17) is 19.5 Å². The first-order valence-electron chi connectivity index (χ1n) is 10.1. The Kier molecular flexibility index (Phi) is 7.33. The number of carbonyl (C=O) groups is 1. The number of halogens is 3. The van der Waals surface area contributed by atoms with Crippen molar-refractivity contribution >= 4 is 11.6 Å². The molecule has 2 aromatic carbocycles. The maximum atomic E-state index is 13.4. The number of methoxy groups -OCH3 is 3. The van der Waals surface area contributed by atoms with Crippen LogP contribution in [0.15, 0.2) is 36.4 Å². The van der Waals surface area contributed by atoms with Gasteiger partial charge in [-0.25, -0.2) is 0 Å². The van der Waals surface area contributed by atoms with E-state index in [0.29, 0.717) is 29.3 Å². The van der Waals surface area contributed by atoms with E-state index in [1.807, 2.05) is 0 Å². The summed E-state index contributed by atoms with van der Waals surface area (Å²) in [5.41, 5.74) is -0.669. The lowest BCUT2D eigenvalue weighted by atomic mass is 10.0. The highest BCUT2D eigenvalue weighted by Crippen LogP contribution is 2.35. The van der Waals surface area contributed by atoms with E-state index >= 15 is 0 Å². The number of nitriles is 1. The predicted octanol–water partition coefficient (Wildman–Crippen LogP) is 3.57. The molecule has 0 N–H and O–H groups in total. The van der Waals surface area contributed by atoms with Gasteiger partial charge in [0.1, 0.15) is 0 Å². The lowest BCUT2D eigenvalue weighted by Crippen LogP contribution is -2.57. The molecule has 2 aromatic rings. The Bertz CT molecular complexity index is 1050. The van der Waals surface area contributed by atoms with Crippen LogP contribution in [0.5, 0.6) is 11.5 Å². The number of hydrogen-bond donors (Lipinski definition) is 0. The normalized spacial score (nSPS) is 16.3. The van der Waals surface area contributed by atoms with Crippen LogP contribution in [0, 0.1) is 11.3 Å². The molecule has 0 bridgehead atoms. The van der Waals surface area contributed by atoms with Gasteiger partial charge in [-0.1, -0.05) is 0 Å². The molecular formula is C23H24F3N3O4. The second kappa shape index (κ2) is 10.0. The minimum absolute atomic E-state index is 0.206. The van der Waals surface area contributed by atoms with Crippen LogP contribution >= 0.6 is 0 Å². The molecule has 1 heterocycles. The van der Waals surface area contributed by atoms with Crippen molar-refractivity contribution < 1.29 is 32.2 Å². The average molecular weight is 463 g/mol. The number of benzene rings is 2. The van der Waals surface area contributed by atoms with Crippen molar-refractivity contribution in [1.29, 1.82) is 5.26 Å². The Balaban J connectivity index is 1.85. The summed E-state index contributed by atoms with van der Waals surface area (Å²) < 4.78 is 55.9. The van der Waals surface area contributed by atoms with Crippen LogP contribution in [-0.2, 0) is 10.9 Å². The van der Waals surface area contributed by atoms with Gasteiger partial charge in [0.05, 0.1) is 44.1 Å². The molecule has 1 fully saturated rings. The fraction of sp³-hybridized carbons (Fsp3) is 0.391. The molecule has 176 valence electrons. The summed E-state index contributed by atoms with van der Waals surface area (Å²) in [5.74, 6) is 0.671. The van der Waals surface area contributed by atoms with Crippen molar-refractivity contribution in [3.8, 4) is 17.6 Å². The maximum Gasteiger partial charge on any atom is 0.417 e. The molecule has 1 saturated heterocycles. The number of amides is 1. The first-order chi connectivity index (χ1) is 15.7. The molecule has 3 rings (SSSR count). The number of hydrogen-bond acceptors (Lipinski definition) is 6. The van der Waals surface area contributed by atoms with Gasteiger partial charge in [0.2, 0.25) is 0 Å². The van der Waals surface area contributed by atoms with E-state index in [2.05, 4.69) is 0 Å². The van der Waals surface area contributed by atoms with Crippen LogP contribution in [0.3, 0.4) is 0 Å². The van der Waals surface area contributed by atoms with E-state index in [1.165, 1.54) is 33.5 Å². The van der Waals surface area contributed by atoms with Crippen molar-refractivity contribution in [3.05, 3.63) is 53.1 Å². The number of nitrogens with zero attached hydrogens (tertiary/aromatic N) is 3. The number of alkyl halides is 3. The van der Waals surface area contributed by atoms with Crippen molar-refractivity contribution in [2.75, 3.05) is 52.5 Å². The van der Waals surface area contributed by atoms with Crippen molar-refractivity contribution in [3.63, 3.8) is 0 Å². The second-order valence-electron chi connectivity index (χ2n) is 7.46. The first-order valence-corrected chi connectivity index (χ1v) is 10.1. The highest BCUT2D eigenvalue weighted by Gasteiger charge is 2.36. The van der Waals surface area contributed by atoms with Gasteiger partial charge in [-0.15, -0.1) is 0 Å². The van der Waals surface area contributed by atoms with Gasteiger partial charge in [0.25, 0.3) is 5.91 Å². The van der Waals surface area contributed by atoms with Gasteiger partial charge in [-0.2, -0.15) is 18.4 Å². The third-order valence-electron chi connectivity index (χ3n) is 5.53. The van der Waals surface area contributed by atoms with E-state index in [9.17, 15) is 18.0 Å². The fourth-order valence-electron chi connectivity index (χ4n) is 3.89. The summed E-state index contributed by atoms with van der Waals surface area (Å²) in [6.45, 7) is 1.08. The Hall–Kier alpha value is -3.45. The smallest absolute Gasteiger partial charge is 0.417 e. The molecular weight excluding hydrogens is 439 g/mol. The van der Waals surface area contributed by atoms with Crippen molar-refractivity contribution in [2.24, 2.45) is 0 Å². The second-order valence-corrected chi connectivity index (χ2v) is 7.46. The maximum absolute atomic E-state index is 13.4. The molecule has 0 radical (unpaired) electrons. The quantitative estimate of drug-likeness (QED) is 0.652. The van der Waals surface area contributed by atoms with Crippen LogP contribution in [0.4, 0.5) is 18.9 Å². The summed E-state index contributed by atoms with van der Waals surface area (Å²) in [6.07, 6.45) is -4.64. The summed E-state index contributed by atoms with van der Waals surface area (Å²) in [6, 6.07) is 9.70. The molecule has 1 aliphatic heterocycles. The summed E-state index contributed by atoms with van der Waals surface area (Å²) in [5, 5.41) is 9.03. The number of rotatable bonds is 6. The fourth-order valence-corrected chi connectivity index (χ4v) is 3.89. The standard InChI is InChI=1S/C23H24F3N3O4/c1-31-14-18-13-28(17-6-4-16(12-27)19(11-17)23(24,25)26)8-9-29(18)22(30)15-5-7-20(32-2)21(10-15)33-3/h4-7,10-11,18H,8-9,13-14H2,1-3H3. The number of ether oxygens (including phenoxy) is 3. The zero-order valence-electron chi connectivity index (χ0n) is 18.5.